The number of hydrogen-bond donors (Lipinski definition) is 0. The summed E-state index contributed by atoms with van der Waals surface area (Å²) in [5.74, 6) is -0.456. The molecular weight excluding hydrogens is 199 g/mol. The highest BCUT2D eigenvalue weighted by Gasteiger charge is 2.07. The highest BCUT2D eigenvalue weighted by Crippen LogP contribution is 2.16. The van der Waals surface area contributed by atoms with Crippen molar-refractivity contribution in [2.24, 2.45) is 0 Å². The van der Waals surface area contributed by atoms with Crippen LogP contribution in [-0.2, 0) is 4.74 Å². The maximum absolute atomic E-state index is 13.3. The van der Waals surface area contributed by atoms with Gasteiger partial charge in [0.2, 0.25) is 0 Å². The number of carbonyl (C=O) groups is 1. The van der Waals surface area contributed by atoms with Gasteiger partial charge in [-0.25, -0.2) is 4.39 Å². The number of ether oxygens (including phenoxy) is 2. The van der Waals surface area contributed by atoms with E-state index < -0.39 is 5.82 Å². The number of ketones is 1. The summed E-state index contributed by atoms with van der Waals surface area (Å²) in [6.45, 7) is 2.12. The largest absolute Gasteiger partial charge is 0.491 e. The van der Waals surface area contributed by atoms with Crippen LogP contribution in [0.1, 0.15) is 17.3 Å². The van der Waals surface area contributed by atoms with Crippen LogP contribution in [0.5, 0.6) is 5.75 Å². The predicted molar refractivity (Wildman–Crippen MR) is 53.8 cm³/mol. The third-order valence-corrected chi connectivity index (χ3v) is 1.88. The Morgan fingerprint density at radius 1 is 1.40 bits per heavy atom. The molecule has 0 unspecified atom stereocenters. The molecule has 0 aliphatic carbocycles. The fraction of sp³-hybridized carbons (Fsp3) is 0.364. The van der Waals surface area contributed by atoms with Gasteiger partial charge in [-0.05, 0) is 19.1 Å². The maximum atomic E-state index is 13.3. The molecule has 3 nitrogen and oxygen atoms in total. The molecule has 0 spiro atoms. The first-order valence-electron chi connectivity index (χ1n) is 4.57. The van der Waals surface area contributed by atoms with E-state index in [0.717, 1.165) is 0 Å². The summed E-state index contributed by atoms with van der Waals surface area (Å²) in [7, 11) is 1.56. The zero-order valence-corrected chi connectivity index (χ0v) is 8.75. The van der Waals surface area contributed by atoms with Crippen molar-refractivity contribution >= 4 is 5.78 Å². The SMILES string of the molecule is COCCOc1ccc(C(C)=O)c(F)c1. The molecule has 1 rings (SSSR count). The minimum absolute atomic E-state index is 0.0779. The number of benzene rings is 1. The van der Waals surface area contributed by atoms with Gasteiger partial charge in [0.25, 0.3) is 0 Å². The lowest BCUT2D eigenvalue weighted by Gasteiger charge is -2.06. The predicted octanol–water partition coefficient (Wildman–Crippen LogP) is 2.05. The van der Waals surface area contributed by atoms with E-state index in [1.807, 2.05) is 0 Å². The first kappa shape index (κ1) is 11.7. The van der Waals surface area contributed by atoms with Crippen molar-refractivity contribution in [1.82, 2.24) is 0 Å². The first-order valence-corrected chi connectivity index (χ1v) is 4.57. The summed E-state index contributed by atoms with van der Waals surface area (Å²) in [5, 5.41) is 0. The Balaban J connectivity index is 2.69. The number of hydrogen-bond acceptors (Lipinski definition) is 3. The Labute approximate surface area is 87.8 Å². The summed E-state index contributed by atoms with van der Waals surface area (Å²) in [4.78, 5) is 10.9. The summed E-state index contributed by atoms with van der Waals surface area (Å²) in [6.07, 6.45) is 0. The molecule has 0 aromatic heterocycles. The van der Waals surface area contributed by atoms with Gasteiger partial charge in [0, 0.05) is 13.2 Å². The third-order valence-electron chi connectivity index (χ3n) is 1.88. The average molecular weight is 212 g/mol. The maximum Gasteiger partial charge on any atom is 0.162 e. The van der Waals surface area contributed by atoms with Crippen LogP contribution in [0.15, 0.2) is 18.2 Å². The van der Waals surface area contributed by atoms with Crippen LogP contribution in [0, 0.1) is 5.82 Å². The molecule has 0 N–H and O–H groups in total. The van der Waals surface area contributed by atoms with Crippen LogP contribution >= 0.6 is 0 Å². The fourth-order valence-corrected chi connectivity index (χ4v) is 1.11. The lowest BCUT2D eigenvalue weighted by Crippen LogP contribution is -2.05. The number of rotatable bonds is 5. The minimum atomic E-state index is -0.558. The van der Waals surface area contributed by atoms with E-state index in [1.54, 1.807) is 13.2 Å². The Kier molecular flexibility index (Phi) is 4.24. The second-order valence-electron chi connectivity index (χ2n) is 3.04. The summed E-state index contributed by atoms with van der Waals surface area (Å²) >= 11 is 0. The Morgan fingerprint density at radius 2 is 2.13 bits per heavy atom. The van der Waals surface area contributed by atoms with Crippen molar-refractivity contribution in [1.29, 1.82) is 0 Å². The van der Waals surface area contributed by atoms with Crippen LogP contribution in [0.4, 0.5) is 4.39 Å². The fourth-order valence-electron chi connectivity index (χ4n) is 1.11. The first-order chi connectivity index (χ1) is 7.15. The van der Waals surface area contributed by atoms with Crippen molar-refractivity contribution in [3.8, 4) is 5.75 Å². The van der Waals surface area contributed by atoms with Gasteiger partial charge < -0.3 is 9.47 Å². The molecule has 1 aromatic carbocycles. The molecule has 0 radical (unpaired) electrons. The Bertz CT molecular complexity index is 350. The van der Waals surface area contributed by atoms with Gasteiger partial charge in [-0.15, -0.1) is 0 Å². The highest BCUT2D eigenvalue weighted by molar-refractivity contribution is 5.94. The van der Waals surface area contributed by atoms with Crippen molar-refractivity contribution in [3.05, 3.63) is 29.6 Å². The van der Waals surface area contributed by atoms with Crippen LogP contribution in [0.2, 0.25) is 0 Å². The Hall–Kier alpha value is -1.42. The molecule has 0 aliphatic heterocycles. The van der Waals surface area contributed by atoms with Crippen molar-refractivity contribution in [2.75, 3.05) is 20.3 Å². The second-order valence-corrected chi connectivity index (χ2v) is 3.04. The number of carbonyl (C=O) groups excluding carboxylic acids is 1. The zero-order valence-electron chi connectivity index (χ0n) is 8.75. The second kappa shape index (κ2) is 5.46. The number of halogens is 1. The van der Waals surface area contributed by atoms with Gasteiger partial charge in [0.05, 0.1) is 12.2 Å². The summed E-state index contributed by atoms with van der Waals surface area (Å²) < 4.78 is 23.2. The van der Waals surface area contributed by atoms with E-state index in [9.17, 15) is 9.18 Å². The molecule has 4 heteroatoms. The smallest absolute Gasteiger partial charge is 0.162 e. The van der Waals surface area contributed by atoms with Gasteiger partial charge in [-0.2, -0.15) is 0 Å². The lowest BCUT2D eigenvalue weighted by molar-refractivity contribution is 0.101. The number of Topliss-reactive ketones (excluding diaryl/α,β-unsaturated/α-hetero) is 1. The standard InChI is InChI=1S/C11H13FO3/c1-8(13)10-4-3-9(7-11(10)12)15-6-5-14-2/h3-4,7H,5-6H2,1-2H3. The van der Waals surface area contributed by atoms with Crippen LogP contribution < -0.4 is 4.74 Å². The molecule has 82 valence electrons. The van der Waals surface area contributed by atoms with Gasteiger partial charge in [0.15, 0.2) is 5.78 Å². The Morgan fingerprint density at radius 3 is 2.67 bits per heavy atom. The molecule has 0 aliphatic rings. The summed E-state index contributed by atoms with van der Waals surface area (Å²) in [6, 6.07) is 4.18. The van der Waals surface area contributed by atoms with Crippen molar-refractivity contribution in [3.63, 3.8) is 0 Å². The summed E-state index contributed by atoms with van der Waals surface area (Å²) in [5.41, 5.74) is 0.0779. The molecule has 0 saturated heterocycles. The van der Waals surface area contributed by atoms with Gasteiger partial charge in [0.1, 0.15) is 18.2 Å². The van der Waals surface area contributed by atoms with E-state index in [4.69, 9.17) is 9.47 Å². The van der Waals surface area contributed by atoms with Crippen molar-refractivity contribution in [2.45, 2.75) is 6.92 Å². The van der Waals surface area contributed by atoms with Crippen LogP contribution in [0.25, 0.3) is 0 Å². The zero-order chi connectivity index (χ0) is 11.3. The normalized spacial score (nSPS) is 10.1. The van der Waals surface area contributed by atoms with Gasteiger partial charge in [-0.3, -0.25) is 4.79 Å². The molecule has 15 heavy (non-hydrogen) atoms. The molecule has 0 amide bonds. The van der Waals surface area contributed by atoms with E-state index in [0.29, 0.717) is 19.0 Å². The van der Waals surface area contributed by atoms with E-state index in [2.05, 4.69) is 0 Å². The molecule has 0 fully saturated rings. The van der Waals surface area contributed by atoms with Crippen LogP contribution in [0.3, 0.4) is 0 Å². The average Bonchev–Trinajstić information content (AvgIpc) is 2.17. The quantitative estimate of drug-likeness (QED) is 0.553. The highest BCUT2D eigenvalue weighted by atomic mass is 19.1. The molecule has 0 bridgehead atoms. The number of methoxy groups -OCH3 is 1. The van der Waals surface area contributed by atoms with E-state index in [-0.39, 0.29) is 11.3 Å². The minimum Gasteiger partial charge on any atom is -0.491 e. The lowest BCUT2D eigenvalue weighted by atomic mass is 10.1. The van der Waals surface area contributed by atoms with Gasteiger partial charge in [-0.1, -0.05) is 0 Å². The van der Waals surface area contributed by atoms with Gasteiger partial charge >= 0.3 is 0 Å². The van der Waals surface area contributed by atoms with Crippen molar-refractivity contribution < 1.29 is 18.7 Å². The van der Waals surface area contributed by atoms with Crippen LogP contribution in [-0.4, -0.2) is 26.1 Å². The van der Waals surface area contributed by atoms with E-state index >= 15 is 0 Å². The monoisotopic (exact) mass is 212 g/mol. The van der Waals surface area contributed by atoms with E-state index in [1.165, 1.54) is 19.1 Å². The molecular formula is C11H13FO3. The molecule has 0 atom stereocenters. The third kappa shape index (κ3) is 3.32. The molecule has 0 heterocycles. The topological polar surface area (TPSA) is 35.5 Å². The molecule has 1 aromatic rings. The molecule has 0 saturated carbocycles.